The quantitative estimate of drug-likeness (QED) is 0.653. The first-order valence-corrected chi connectivity index (χ1v) is 9.50. The topological polar surface area (TPSA) is 34.4 Å². The predicted octanol–water partition coefficient (Wildman–Crippen LogP) is 4.17. The van der Waals surface area contributed by atoms with Crippen molar-refractivity contribution < 1.29 is 4.79 Å². The van der Waals surface area contributed by atoms with Gasteiger partial charge < -0.3 is 4.57 Å². The SMILES string of the molecule is C[C@H]1CCc2sc(C(=O)N=c3sc4ccccc4n3C)cc2C1. The summed E-state index contributed by atoms with van der Waals surface area (Å²) >= 11 is 3.19. The number of rotatable bonds is 1. The number of benzene rings is 1. The third-order valence-corrected chi connectivity index (χ3v) is 6.79. The van der Waals surface area contributed by atoms with Crippen LogP contribution in [0, 0.1) is 5.92 Å². The van der Waals surface area contributed by atoms with E-state index in [2.05, 4.69) is 30.1 Å². The van der Waals surface area contributed by atoms with Crippen LogP contribution in [0.1, 0.15) is 33.5 Å². The number of thiazole rings is 1. The van der Waals surface area contributed by atoms with E-state index in [1.807, 2.05) is 23.7 Å². The van der Waals surface area contributed by atoms with Gasteiger partial charge in [0.05, 0.1) is 15.1 Å². The molecule has 2 aromatic heterocycles. The largest absolute Gasteiger partial charge is 0.319 e. The molecule has 118 valence electrons. The lowest BCUT2D eigenvalue weighted by Crippen LogP contribution is -2.12. The summed E-state index contributed by atoms with van der Waals surface area (Å²) in [5.41, 5.74) is 2.47. The molecule has 1 aromatic carbocycles. The van der Waals surface area contributed by atoms with Crippen molar-refractivity contribution in [3.8, 4) is 0 Å². The van der Waals surface area contributed by atoms with Gasteiger partial charge in [-0.05, 0) is 48.9 Å². The number of carbonyl (C=O) groups excluding carboxylic acids is 1. The van der Waals surface area contributed by atoms with E-state index in [1.165, 1.54) is 16.9 Å². The van der Waals surface area contributed by atoms with Gasteiger partial charge in [0.1, 0.15) is 0 Å². The highest BCUT2D eigenvalue weighted by Crippen LogP contribution is 2.32. The van der Waals surface area contributed by atoms with Crippen molar-refractivity contribution in [2.24, 2.45) is 18.0 Å². The fourth-order valence-corrected chi connectivity index (χ4v) is 5.25. The van der Waals surface area contributed by atoms with Crippen LogP contribution in [0.5, 0.6) is 0 Å². The summed E-state index contributed by atoms with van der Waals surface area (Å²) in [6, 6.07) is 10.2. The summed E-state index contributed by atoms with van der Waals surface area (Å²) in [6.07, 6.45) is 3.42. The number of para-hydroxylation sites is 1. The van der Waals surface area contributed by atoms with Crippen LogP contribution in [0.2, 0.25) is 0 Å². The van der Waals surface area contributed by atoms with E-state index in [4.69, 9.17) is 0 Å². The van der Waals surface area contributed by atoms with E-state index in [0.29, 0.717) is 0 Å². The van der Waals surface area contributed by atoms with Crippen molar-refractivity contribution in [1.82, 2.24) is 4.57 Å². The summed E-state index contributed by atoms with van der Waals surface area (Å²) in [6.45, 7) is 2.28. The number of thiophene rings is 1. The highest BCUT2D eigenvalue weighted by molar-refractivity contribution is 7.16. The second-order valence-electron chi connectivity index (χ2n) is 6.24. The Morgan fingerprint density at radius 3 is 2.96 bits per heavy atom. The predicted molar refractivity (Wildman–Crippen MR) is 96.2 cm³/mol. The molecule has 0 unspecified atom stereocenters. The number of aromatic nitrogens is 1. The highest BCUT2D eigenvalue weighted by atomic mass is 32.1. The Balaban J connectivity index is 1.73. The average molecular weight is 342 g/mol. The molecule has 0 radical (unpaired) electrons. The number of aryl methyl sites for hydroxylation is 2. The van der Waals surface area contributed by atoms with Crippen LogP contribution in [0.25, 0.3) is 10.2 Å². The van der Waals surface area contributed by atoms with Crippen molar-refractivity contribution in [3.05, 3.63) is 50.5 Å². The van der Waals surface area contributed by atoms with Crippen molar-refractivity contribution in [2.45, 2.75) is 26.2 Å². The molecule has 1 aliphatic rings. The Hall–Kier alpha value is -1.72. The third-order valence-electron chi connectivity index (χ3n) is 4.45. The van der Waals surface area contributed by atoms with Gasteiger partial charge in [-0.25, -0.2) is 0 Å². The number of hydrogen-bond acceptors (Lipinski definition) is 3. The average Bonchev–Trinajstić information content (AvgIpc) is 3.09. The maximum absolute atomic E-state index is 12.6. The zero-order chi connectivity index (χ0) is 16.0. The first-order chi connectivity index (χ1) is 11.1. The first-order valence-electron chi connectivity index (χ1n) is 7.87. The van der Waals surface area contributed by atoms with Gasteiger partial charge in [0.25, 0.3) is 5.91 Å². The Labute approximate surface area is 142 Å². The molecule has 0 saturated carbocycles. The van der Waals surface area contributed by atoms with Crippen molar-refractivity contribution in [2.75, 3.05) is 0 Å². The molecule has 0 aliphatic heterocycles. The molecule has 3 aromatic rings. The van der Waals surface area contributed by atoms with Crippen LogP contribution < -0.4 is 4.80 Å². The monoisotopic (exact) mass is 342 g/mol. The van der Waals surface area contributed by atoms with Gasteiger partial charge in [-0.1, -0.05) is 30.4 Å². The molecule has 1 amide bonds. The number of fused-ring (bicyclic) bond motifs is 2. The molecule has 0 bridgehead atoms. The van der Waals surface area contributed by atoms with Gasteiger partial charge in [0.15, 0.2) is 4.80 Å². The second kappa shape index (κ2) is 5.73. The minimum Gasteiger partial charge on any atom is -0.319 e. The van der Waals surface area contributed by atoms with Crippen molar-refractivity contribution in [3.63, 3.8) is 0 Å². The lowest BCUT2D eigenvalue weighted by molar-refractivity contribution is 0.100. The van der Waals surface area contributed by atoms with Crippen LogP contribution in [0.15, 0.2) is 35.3 Å². The van der Waals surface area contributed by atoms with Crippen molar-refractivity contribution >= 4 is 38.8 Å². The fraction of sp³-hybridized carbons (Fsp3) is 0.333. The molecule has 23 heavy (non-hydrogen) atoms. The standard InChI is InChI=1S/C18H18N2OS2/c1-11-7-8-14-12(9-11)10-16(22-14)17(21)19-18-20(2)13-5-3-4-6-15(13)23-18/h3-6,10-11H,7-9H2,1-2H3/t11-/m0/s1. The summed E-state index contributed by atoms with van der Waals surface area (Å²) in [5, 5.41) is 0. The smallest absolute Gasteiger partial charge is 0.289 e. The Kier molecular flexibility index (Phi) is 3.70. The fourth-order valence-electron chi connectivity index (χ4n) is 3.14. The highest BCUT2D eigenvalue weighted by Gasteiger charge is 2.20. The summed E-state index contributed by atoms with van der Waals surface area (Å²) in [7, 11) is 1.96. The van der Waals surface area contributed by atoms with Gasteiger partial charge in [0, 0.05) is 11.9 Å². The lowest BCUT2D eigenvalue weighted by atomic mass is 9.90. The third kappa shape index (κ3) is 2.68. The Morgan fingerprint density at radius 1 is 1.30 bits per heavy atom. The maximum Gasteiger partial charge on any atom is 0.289 e. The molecule has 2 heterocycles. The van der Waals surface area contributed by atoms with Crippen LogP contribution in [-0.4, -0.2) is 10.5 Å². The van der Waals surface area contributed by atoms with Gasteiger partial charge in [0.2, 0.25) is 0 Å². The maximum atomic E-state index is 12.6. The molecule has 1 atom stereocenters. The minimum atomic E-state index is -0.112. The van der Waals surface area contributed by atoms with Gasteiger partial charge in [-0.3, -0.25) is 4.79 Å². The molecule has 0 fully saturated rings. The van der Waals surface area contributed by atoms with E-state index in [0.717, 1.165) is 38.7 Å². The second-order valence-corrected chi connectivity index (χ2v) is 8.38. The molecule has 0 saturated heterocycles. The van der Waals surface area contributed by atoms with Crippen LogP contribution in [-0.2, 0) is 19.9 Å². The molecular weight excluding hydrogens is 324 g/mol. The van der Waals surface area contributed by atoms with Gasteiger partial charge >= 0.3 is 0 Å². The Bertz CT molecular complexity index is 961. The van der Waals surface area contributed by atoms with E-state index in [1.54, 1.807) is 22.7 Å². The molecule has 4 rings (SSSR count). The number of amides is 1. The summed E-state index contributed by atoms with van der Waals surface area (Å²) in [5.74, 6) is 0.608. The lowest BCUT2D eigenvalue weighted by Gasteiger charge is -2.16. The van der Waals surface area contributed by atoms with Crippen LogP contribution >= 0.6 is 22.7 Å². The summed E-state index contributed by atoms with van der Waals surface area (Å²) in [4.78, 5) is 19.9. The Morgan fingerprint density at radius 2 is 2.13 bits per heavy atom. The molecule has 5 heteroatoms. The van der Waals surface area contributed by atoms with E-state index in [-0.39, 0.29) is 5.91 Å². The minimum absolute atomic E-state index is 0.112. The molecule has 1 aliphatic carbocycles. The van der Waals surface area contributed by atoms with Gasteiger partial charge in [-0.15, -0.1) is 11.3 Å². The van der Waals surface area contributed by atoms with Gasteiger partial charge in [-0.2, -0.15) is 4.99 Å². The molecular formula is C18H18N2OS2. The van der Waals surface area contributed by atoms with Crippen LogP contribution in [0.3, 0.4) is 0 Å². The first kappa shape index (κ1) is 14.8. The molecule has 0 spiro atoms. The molecule has 0 N–H and O–H groups in total. The zero-order valence-corrected chi connectivity index (χ0v) is 14.8. The summed E-state index contributed by atoms with van der Waals surface area (Å²) < 4.78 is 3.15. The zero-order valence-electron chi connectivity index (χ0n) is 13.2. The number of nitrogens with zero attached hydrogens (tertiary/aromatic N) is 2. The normalized spacial score (nSPS) is 18.3. The van der Waals surface area contributed by atoms with Crippen LogP contribution in [0.4, 0.5) is 0 Å². The van der Waals surface area contributed by atoms with E-state index < -0.39 is 0 Å². The molecule has 3 nitrogen and oxygen atoms in total. The number of hydrogen-bond donors (Lipinski definition) is 0. The number of carbonyl (C=O) groups is 1. The van der Waals surface area contributed by atoms with E-state index in [9.17, 15) is 4.79 Å². The van der Waals surface area contributed by atoms with Crippen molar-refractivity contribution in [1.29, 1.82) is 0 Å². The van der Waals surface area contributed by atoms with E-state index >= 15 is 0 Å².